The quantitative estimate of drug-likeness (QED) is 0.652. The molecule has 2 rings (SSSR count). The molecule has 23 heavy (non-hydrogen) atoms. The van der Waals surface area contributed by atoms with Crippen molar-refractivity contribution in [3.05, 3.63) is 41.5 Å². The van der Waals surface area contributed by atoms with E-state index in [2.05, 4.69) is 0 Å². The second kappa shape index (κ2) is 7.13. The van der Waals surface area contributed by atoms with Gasteiger partial charge in [0.2, 0.25) is 0 Å². The summed E-state index contributed by atoms with van der Waals surface area (Å²) < 4.78 is 5.17. The predicted octanol–water partition coefficient (Wildman–Crippen LogP) is 3.56. The molecule has 0 radical (unpaired) electrons. The maximum atomic E-state index is 12.2. The van der Waals surface area contributed by atoms with Crippen LogP contribution in [0.5, 0.6) is 0 Å². The number of carboxylic acids is 1. The number of fused-ring (bicyclic) bond motifs is 1. The molecule has 1 N–H and O–H groups in total. The SMILES string of the molecule is CCCCOC(=O)c1cc2cc(N(C)C)ccc2cc1C(=O)O. The molecule has 0 fully saturated rings. The Kier molecular flexibility index (Phi) is 5.21. The van der Waals surface area contributed by atoms with Gasteiger partial charge in [-0.25, -0.2) is 9.59 Å². The number of nitrogens with zero attached hydrogens (tertiary/aromatic N) is 1. The highest BCUT2D eigenvalue weighted by Crippen LogP contribution is 2.25. The van der Waals surface area contributed by atoms with Crippen molar-refractivity contribution < 1.29 is 19.4 Å². The number of hydrogen-bond donors (Lipinski definition) is 1. The average Bonchev–Trinajstić information content (AvgIpc) is 2.52. The lowest BCUT2D eigenvalue weighted by atomic mass is 10.00. The molecular formula is C18H21NO4. The molecule has 0 aliphatic carbocycles. The van der Waals surface area contributed by atoms with Crippen LogP contribution in [0.1, 0.15) is 40.5 Å². The first-order chi connectivity index (χ1) is 10.9. The van der Waals surface area contributed by atoms with Gasteiger partial charge in [0, 0.05) is 19.8 Å². The van der Waals surface area contributed by atoms with Crippen molar-refractivity contribution in [3.8, 4) is 0 Å². The summed E-state index contributed by atoms with van der Waals surface area (Å²) >= 11 is 0. The molecule has 0 atom stereocenters. The number of benzene rings is 2. The fourth-order valence-corrected chi connectivity index (χ4v) is 2.30. The normalized spacial score (nSPS) is 10.6. The van der Waals surface area contributed by atoms with Crippen molar-refractivity contribution in [3.63, 3.8) is 0 Å². The molecule has 0 bridgehead atoms. The van der Waals surface area contributed by atoms with Gasteiger partial charge in [-0.3, -0.25) is 0 Å². The molecule has 2 aromatic carbocycles. The number of carbonyl (C=O) groups is 2. The molecular weight excluding hydrogens is 294 g/mol. The van der Waals surface area contributed by atoms with Crippen LogP contribution in [0.3, 0.4) is 0 Å². The summed E-state index contributed by atoms with van der Waals surface area (Å²) in [7, 11) is 3.85. The number of hydrogen-bond acceptors (Lipinski definition) is 4. The lowest BCUT2D eigenvalue weighted by molar-refractivity contribution is 0.0489. The van der Waals surface area contributed by atoms with Crippen LogP contribution >= 0.6 is 0 Å². The third kappa shape index (κ3) is 3.80. The van der Waals surface area contributed by atoms with Gasteiger partial charge in [-0.15, -0.1) is 0 Å². The number of aromatic carboxylic acids is 1. The highest BCUT2D eigenvalue weighted by Gasteiger charge is 2.19. The van der Waals surface area contributed by atoms with Gasteiger partial charge in [0.15, 0.2) is 0 Å². The predicted molar refractivity (Wildman–Crippen MR) is 90.4 cm³/mol. The van der Waals surface area contributed by atoms with Gasteiger partial charge < -0.3 is 14.7 Å². The molecule has 122 valence electrons. The third-order valence-corrected chi connectivity index (χ3v) is 3.66. The van der Waals surface area contributed by atoms with Crippen LogP contribution in [-0.2, 0) is 4.74 Å². The summed E-state index contributed by atoms with van der Waals surface area (Å²) in [5, 5.41) is 11.0. The molecule has 0 heterocycles. The van der Waals surface area contributed by atoms with Crippen LogP contribution in [0.2, 0.25) is 0 Å². The summed E-state index contributed by atoms with van der Waals surface area (Å²) in [6.07, 6.45) is 1.66. The summed E-state index contributed by atoms with van der Waals surface area (Å²) in [4.78, 5) is 25.6. The van der Waals surface area contributed by atoms with Gasteiger partial charge in [-0.1, -0.05) is 19.4 Å². The maximum Gasteiger partial charge on any atom is 0.339 e. The number of anilines is 1. The lowest BCUT2D eigenvalue weighted by Crippen LogP contribution is -2.13. The number of rotatable bonds is 6. The Labute approximate surface area is 135 Å². The lowest BCUT2D eigenvalue weighted by Gasteiger charge is -2.14. The Morgan fingerprint density at radius 1 is 1.09 bits per heavy atom. The van der Waals surface area contributed by atoms with Crippen LogP contribution in [0.4, 0.5) is 5.69 Å². The Bertz CT molecular complexity index is 737. The second-order valence-corrected chi connectivity index (χ2v) is 5.62. The fraction of sp³-hybridized carbons (Fsp3) is 0.333. The van der Waals surface area contributed by atoms with E-state index in [1.807, 2.05) is 44.1 Å². The first-order valence-electron chi connectivity index (χ1n) is 7.59. The van der Waals surface area contributed by atoms with Gasteiger partial charge in [-0.2, -0.15) is 0 Å². The van der Waals surface area contributed by atoms with Crippen LogP contribution in [0.25, 0.3) is 10.8 Å². The topological polar surface area (TPSA) is 66.8 Å². The smallest absolute Gasteiger partial charge is 0.339 e. The van der Waals surface area contributed by atoms with E-state index in [9.17, 15) is 14.7 Å². The van der Waals surface area contributed by atoms with Crippen molar-refractivity contribution in [2.24, 2.45) is 0 Å². The largest absolute Gasteiger partial charge is 0.478 e. The Hall–Kier alpha value is -2.56. The minimum atomic E-state index is -1.13. The monoisotopic (exact) mass is 315 g/mol. The van der Waals surface area contributed by atoms with Crippen molar-refractivity contribution in [1.82, 2.24) is 0 Å². The van der Waals surface area contributed by atoms with Gasteiger partial charge in [0.25, 0.3) is 0 Å². The Morgan fingerprint density at radius 2 is 1.78 bits per heavy atom. The van der Waals surface area contributed by atoms with Gasteiger partial charge in [0.05, 0.1) is 17.7 Å². The van der Waals surface area contributed by atoms with E-state index in [-0.39, 0.29) is 11.1 Å². The standard InChI is InChI=1S/C18H21NO4/c1-4-5-8-23-18(22)16-11-13-9-14(19(2)3)7-6-12(13)10-15(16)17(20)21/h6-7,9-11H,4-5,8H2,1-3H3,(H,20,21). The summed E-state index contributed by atoms with van der Waals surface area (Å²) in [5.74, 6) is -1.72. The van der Waals surface area contributed by atoms with Gasteiger partial charge in [-0.05, 0) is 41.5 Å². The van der Waals surface area contributed by atoms with Crippen molar-refractivity contribution in [2.75, 3.05) is 25.6 Å². The highest BCUT2D eigenvalue weighted by atomic mass is 16.5. The Balaban J connectivity index is 2.49. The van der Waals surface area contributed by atoms with Gasteiger partial charge in [0.1, 0.15) is 0 Å². The first kappa shape index (κ1) is 16.8. The molecule has 0 aliphatic heterocycles. The zero-order chi connectivity index (χ0) is 17.0. The van der Waals surface area contributed by atoms with Crippen LogP contribution in [-0.4, -0.2) is 37.7 Å². The van der Waals surface area contributed by atoms with Gasteiger partial charge >= 0.3 is 11.9 Å². The first-order valence-corrected chi connectivity index (χ1v) is 7.59. The van der Waals surface area contributed by atoms with E-state index in [4.69, 9.17) is 4.74 Å². The van der Waals surface area contributed by atoms with Crippen molar-refractivity contribution >= 4 is 28.4 Å². The number of carboxylic acid groups (broad SMARTS) is 1. The van der Waals surface area contributed by atoms with Crippen molar-refractivity contribution in [2.45, 2.75) is 19.8 Å². The summed E-state index contributed by atoms with van der Waals surface area (Å²) in [5.41, 5.74) is 1.04. The molecule has 2 aromatic rings. The average molecular weight is 315 g/mol. The number of unbranched alkanes of at least 4 members (excludes halogenated alkanes) is 1. The van der Waals surface area contributed by atoms with E-state index >= 15 is 0 Å². The van der Waals surface area contributed by atoms with E-state index in [1.165, 1.54) is 6.07 Å². The van der Waals surface area contributed by atoms with Crippen LogP contribution in [0.15, 0.2) is 30.3 Å². The van der Waals surface area contributed by atoms with E-state index in [0.717, 1.165) is 29.3 Å². The molecule has 0 amide bonds. The minimum absolute atomic E-state index is 0.0309. The molecule has 0 unspecified atom stereocenters. The fourth-order valence-electron chi connectivity index (χ4n) is 2.30. The maximum absolute atomic E-state index is 12.2. The Morgan fingerprint density at radius 3 is 2.39 bits per heavy atom. The van der Waals surface area contributed by atoms with Crippen LogP contribution in [0, 0.1) is 0 Å². The summed E-state index contributed by atoms with van der Waals surface area (Å²) in [6, 6.07) is 8.80. The van der Waals surface area contributed by atoms with E-state index < -0.39 is 11.9 Å². The molecule has 0 saturated carbocycles. The minimum Gasteiger partial charge on any atom is -0.478 e. The number of ether oxygens (including phenoxy) is 1. The highest BCUT2D eigenvalue weighted by molar-refractivity contribution is 6.07. The zero-order valence-electron chi connectivity index (χ0n) is 13.6. The molecule has 5 heteroatoms. The van der Waals surface area contributed by atoms with E-state index in [0.29, 0.717) is 6.61 Å². The zero-order valence-corrected chi connectivity index (χ0v) is 13.6. The molecule has 5 nitrogen and oxygen atoms in total. The summed E-state index contributed by atoms with van der Waals surface area (Å²) in [6.45, 7) is 2.29. The van der Waals surface area contributed by atoms with Crippen LogP contribution < -0.4 is 4.90 Å². The molecule has 0 aromatic heterocycles. The van der Waals surface area contributed by atoms with Crippen molar-refractivity contribution in [1.29, 1.82) is 0 Å². The molecule has 0 aliphatic rings. The number of esters is 1. The second-order valence-electron chi connectivity index (χ2n) is 5.62. The van der Waals surface area contributed by atoms with E-state index in [1.54, 1.807) is 6.07 Å². The molecule has 0 spiro atoms. The number of carbonyl (C=O) groups excluding carboxylic acids is 1. The third-order valence-electron chi connectivity index (χ3n) is 3.66. The molecule has 0 saturated heterocycles.